The zero-order valence-electron chi connectivity index (χ0n) is 20.8. The van der Waals surface area contributed by atoms with Gasteiger partial charge in [-0.15, -0.1) is 0 Å². The molecule has 40 heavy (non-hydrogen) atoms. The minimum Gasteiger partial charge on any atom is -0.353 e. The highest BCUT2D eigenvalue weighted by Gasteiger charge is 2.36. The molecule has 0 saturated carbocycles. The van der Waals surface area contributed by atoms with E-state index in [4.69, 9.17) is 11.6 Å². The average Bonchev–Trinajstić information content (AvgIpc) is 3.37. The van der Waals surface area contributed by atoms with Gasteiger partial charge in [0, 0.05) is 51.9 Å². The van der Waals surface area contributed by atoms with Gasteiger partial charge in [0.25, 0.3) is 11.8 Å². The van der Waals surface area contributed by atoms with Crippen LogP contribution in [0, 0.1) is 18.6 Å². The fraction of sp³-hybridized carbons (Fsp3) is 0.148. The number of halogens is 6. The Labute approximate surface area is 228 Å². The maximum Gasteiger partial charge on any atom is 0.416 e. The predicted octanol–water partition coefficient (Wildman–Crippen LogP) is 6.51. The van der Waals surface area contributed by atoms with Crippen molar-refractivity contribution in [3.8, 4) is 0 Å². The number of aromatic nitrogens is 2. The Kier molecular flexibility index (Phi) is 6.74. The molecule has 0 saturated heterocycles. The predicted molar refractivity (Wildman–Crippen MR) is 138 cm³/mol. The van der Waals surface area contributed by atoms with Crippen LogP contribution < -0.4 is 16.0 Å². The molecule has 2 amide bonds. The van der Waals surface area contributed by atoms with Crippen molar-refractivity contribution in [2.75, 3.05) is 10.6 Å². The number of anilines is 3. The summed E-state index contributed by atoms with van der Waals surface area (Å²) in [5, 5.41) is 12.7. The van der Waals surface area contributed by atoms with Crippen molar-refractivity contribution in [1.29, 1.82) is 0 Å². The van der Waals surface area contributed by atoms with Gasteiger partial charge in [-0.05, 0) is 55.5 Å². The summed E-state index contributed by atoms with van der Waals surface area (Å²) in [6.45, 7) is 1.75. The van der Waals surface area contributed by atoms with Gasteiger partial charge in [0.05, 0.1) is 23.0 Å². The summed E-state index contributed by atoms with van der Waals surface area (Å²) in [7, 11) is 1.71. The smallest absolute Gasteiger partial charge is 0.353 e. The lowest BCUT2D eigenvalue weighted by molar-refractivity contribution is -0.137. The van der Waals surface area contributed by atoms with Gasteiger partial charge in [0.2, 0.25) is 0 Å². The quantitative estimate of drug-likeness (QED) is 0.237. The number of aryl methyl sites for hydroxylation is 2. The van der Waals surface area contributed by atoms with Crippen molar-refractivity contribution >= 4 is 40.5 Å². The van der Waals surface area contributed by atoms with E-state index in [1.54, 1.807) is 24.9 Å². The minimum absolute atomic E-state index is 0.00745. The van der Waals surface area contributed by atoms with Crippen LogP contribution in [0.3, 0.4) is 0 Å². The van der Waals surface area contributed by atoms with Gasteiger partial charge in [-0.25, -0.2) is 8.78 Å². The standard InChI is InChI=1S/C27H19ClF5N5O2/c1-12-22(11-38(2)37-12)34-17-9-19-23(24(36-26(19)40)18-8-15(29)3-4-20(18)28)21(10-17)35-25(39)13-5-14(27(31,32)33)7-16(30)6-13/h3-11,24,34H,1-2H3,(H,35,39)(H,36,40). The highest BCUT2D eigenvalue weighted by Crippen LogP contribution is 2.42. The van der Waals surface area contributed by atoms with Gasteiger partial charge in [-0.2, -0.15) is 18.3 Å². The number of amides is 2. The molecule has 1 unspecified atom stereocenters. The Bertz CT molecular complexity index is 1680. The largest absolute Gasteiger partial charge is 0.416 e. The van der Waals surface area contributed by atoms with Crippen molar-refractivity contribution in [3.05, 3.63) is 105 Å². The fourth-order valence-corrected chi connectivity index (χ4v) is 4.76. The Hall–Kier alpha value is -4.45. The maximum absolute atomic E-state index is 14.1. The Morgan fingerprint density at radius 2 is 1.80 bits per heavy atom. The van der Waals surface area contributed by atoms with E-state index in [0.29, 0.717) is 29.2 Å². The van der Waals surface area contributed by atoms with Gasteiger partial charge < -0.3 is 16.0 Å². The number of alkyl halides is 3. The summed E-state index contributed by atoms with van der Waals surface area (Å²) in [5.74, 6) is -3.51. The second-order valence-corrected chi connectivity index (χ2v) is 9.57. The number of carbonyl (C=O) groups is 2. The lowest BCUT2D eigenvalue weighted by atomic mass is 9.95. The lowest BCUT2D eigenvalue weighted by Crippen LogP contribution is -2.21. The van der Waals surface area contributed by atoms with Crippen LogP contribution in [0.4, 0.5) is 39.0 Å². The molecule has 1 aliphatic heterocycles. The molecule has 1 atom stereocenters. The molecular weight excluding hydrogens is 557 g/mol. The van der Waals surface area contributed by atoms with Crippen LogP contribution >= 0.6 is 11.6 Å². The van der Waals surface area contributed by atoms with Crippen LogP contribution in [0.5, 0.6) is 0 Å². The van der Waals surface area contributed by atoms with E-state index in [1.807, 2.05) is 0 Å². The molecule has 3 N–H and O–H groups in total. The maximum atomic E-state index is 14.1. The topological polar surface area (TPSA) is 88.1 Å². The molecule has 0 aliphatic carbocycles. The van der Waals surface area contributed by atoms with Crippen LogP contribution in [-0.2, 0) is 13.2 Å². The van der Waals surface area contributed by atoms with Gasteiger partial charge in [-0.3, -0.25) is 14.3 Å². The Balaban J connectivity index is 1.63. The minimum atomic E-state index is -4.89. The van der Waals surface area contributed by atoms with E-state index >= 15 is 0 Å². The summed E-state index contributed by atoms with van der Waals surface area (Å²) in [6, 6.07) is 6.98. The molecule has 1 aliphatic rings. The van der Waals surface area contributed by atoms with Crippen LogP contribution in [0.15, 0.2) is 54.7 Å². The number of benzene rings is 3. The summed E-state index contributed by atoms with van der Waals surface area (Å²) in [4.78, 5) is 26.2. The van der Waals surface area contributed by atoms with Crippen LogP contribution in [0.2, 0.25) is 5.02 Å². The normalized spacial score (nSPS) is 14.6. The molecule has 0 spiro atoms. The van der Waals surface area contributed by atoms with E-state index in [-0.39, 0.29) is 33.5 Å². The van der Waals surface area contributed by atoms with Crippen LogP contribution in [0.25, 0.3) is 0 Å². The third-order valence-corrected chi connectivity index (χ3v) is 6.63. The van der Waals surface area contributed by atoms with Crippen molar-refractivity contribution < 1.29 is 31.5 Å². The molecule has 206 valence electrons. The second-order valence-electron chi connectivity index (χ2n) is 9.16. The van der Waals surface area contributed by atoms with E-state index in [0.717, 1.165) is 12.1 Å². The van der Waals surface area contributed by atoms with Crippen molar-refractivity contribution in [1.82, 2.24) is 15.1 Å². The number of hydrogen-bond acceptors (Lipinski definition) is 4. The van der Waals surface area contributed by atoms with E-state index in [2.05, 4.69) is 21.0 Å². The highest BCUT2D eigenvalue weighted by molar-refractivity contribution is 6.31. The van der Waals surface area contributed by atoms with E-state index in [1.165, 1.54) is 18.2 Å². The summed E-state index contributed by atoms with van der Waals surface area (Å²) >= 11 is 6.31. The average molecular weight is 576 g/mol. The number of carbonyl (C=O) groups excluding carboxylic acids is 2. The first-order valence-corrected chi connectivity index (χ1v) is 12.1. The zero-order valence-corrected chi connectivity index (χ0v) is 21.5. The van der Waals surface area contributed by atoms with Gasteiger partial charge in [0.1, 0.15) is 11.6 Å². The molecule has 2 heterocycles. The lowest BCUT2D eigenvalue weighted by Gasteiger charge is -2.19. The van der Waals surface area contributed by atoms with Gasteiger partial charge >= 0.3 is 6.18 Å². The second kappa shape index (κ2) is 9.94. The molecule has 13 heteroatoms. The molecule has 0 radical (unpaired) electrons. The van der Waals surface area contributed by atoms with E-state index in [9.17, 15) is 31.5 Å². The molecule has 4 aromatic rings. The van der Waals surface area contributed by atoms with Gasteiger partial charge in [-0.1, -0.05) is 11.6 Å². The fourth-order valence-electron chi connectivity index (χ4n) is 4.53. The van der Waals surface area contributed by atoms with Crippen molar-refractivity contribution in [3.63, 3.8) is 0 Å². The summed E-state index contributed by atoms with van der Waals surface area (Å²) < 4.78 is 69.5. The van der Waals surface area contributed by atoms with Crippen molar-refractivity contribution in [2.24, 2.45) is 7.05 Å². The van der Waals surface area contributed by atoms with Crippen LogP contribution in [-0.4, -0.2) is 21.6 Å². The Morgan fingerprint density at radius 1 is 1.05 bits per heavy atom. The molecule has 1 aromatic heterocycles. The molecular formula is C27H19ClF5N5O2. The van der Waals surface area contributed by atoms with Gasteiger partial charge in [0.15, 0.2) is 0 Å². The number of fused-ring (bicyclic) bond motifs is 1. The molecule has 0 bridgehead atoms. The molecule has 7 nitrogen and oxygen atoms in total. The van der Waals surface area contributed by atoms with E-state index < -0.39 is 46.8 Å². The number of nitrogens with one attached hydrogen (secondary N) is 3. The SMILES string of the molecule is Cc1nn(C)cc1Nc1cc(NC(=O)c2cc(F)cc(C(F)(F)F)c2)c2c(c1)C(=O)NC2c1cc(F)ccc1Cl. The summed E-state index contributed by atoms with van der Waals surface area (Å²) in [6.07, 6.45) is -3.21. The third kappa shape index (κ3) is 5.22. The number of nitrogens with zero attached hydrogens (tertiary/aromatic N) is 2. The van der Waals surface area contributed by atoms with Crippen molar-refractivity contribution in [2.45, 2.75) is 19.1 Å². The number of rotatable bonds is 5. The first-order valence-electron chi connectivity index (χ1n) is 11.7. The highest BCUT2D eigenvalue weighted by atomic mass is 35.5. The first-order chi connectivity index (χ1) is 18.8. The Morgan fingerprint density at radius 3 is 2.48 bits per heavy atom. The summed E-state index contributed by atoms with van der Waals surface area (Å²) in [5.41, 5.74) is 0.110. The molecule has 3 aromatic carbocycles. The zero-order chi connectivity index (χ0) is 28.9. The number of hydrogen-bond donors (Lipinski definition) is 3. The molecule has 5 rings (SSSR count). The molecule has 0 fully saturated rings. The third-order valence-electron chi connectivity index (χ3n) is 6.29. The first kappa shape index (κ1) is 27.1. The monoisotopic (exact) mass is 575 g/mol. The van der Waals surface area contributed by atoms with Crippen LogP contribution in [0.1, 0.15) is 49.1 Å².